The molecule has 0 aliphatic carbocycles. The van der Waals surface area contributed by atoms with E-state index in [2.05, 4.69) is 13.8 Å². The van der Waals surface area contributed by atoms with Crippen LogP contribution in [-0.2, 0) is 32.7 Å². The molecule has 0 saturated carbocycles. The summed E-state index contributed by atoms with van der Waals surface area (Å²) < 4.78 is 32.6. The third-order valence-corrected chi connectivity index (χ3v) is 9.43. The third-order valence-electron chi connectivity index (χ3n) is 8.46. The molecule has 0 heterocycles. The highest BCUT2D eigenvalue weighted by atomic mass is 31.2. The maximum atomic E-state index is 12.5. The SMILES string of the molecule is CCCCCCCCCCCCCCCC(=O)OC[C@@H](COP(=O)([O-])OCCCN)OC(=O)CCCCCCCCCCCCCC. The van der Waals surface area contributed by atoms with Crippen LogP contribution in [0, 0.1) is 0 Å². The van der Waals surface area contributed by atoms with Crippen molar-refractivity contribution in [1.82, 2.24) is 0 Å². The minimum atomic E-state index is -4.60. The van der Waals surface area contributed by atoms with Gasteiger partial charge < -0.3 is 29.1 Å². The summed E-state index contributed by atoms with van der Waals surface area (Å²) in [6, 6.07) is 0. The van der Waals surface area contributed by atoms with Crippen LogP contribution in [0.3, 0.4) is 0 Å². The minimum absolute atomic E-state index is 0.0885. The molecule has 0 saturated heterocycles. The highest BCUT2D eigenvalue weighted by Crippen LogP contribution is 2.38. The number of unbranched alkanes of at least 4 members (excludes halogenated alkanes) is 23. The van der Waals surface area contributed by atoms with Gasteiger partial charge in [0.05, 0.1) is 13.2 Å². The first kappa shape index (κ1) is 46.0. The lowest BCUT2D eigenvalue weighted by atomic mass is 10.0. The molecule has 0 aliphatic rings. The molecule has 280 valence electrons. The second kappa shape index (κ2) is 34.9. The summed E-state index contributed by atoms with van der Waals surface area (Å²) in [5.74, 6) is -0.845. The van der Waals surface area contributed by atoms with Crippen LogP contribution in [0.5, 0.6) is 0 Å². The number of ether oxygens (including phenoxy) is 2. The Bertz CT molecular complexity index is 754. The van der Waals surface area contributed by atoms with E-state index < -0.39 is 26.5 Å². The smallest absolute Gasteiger partial charge is 0.306 e. The van der Waals surface area contributed by atoms with Crippen LogP contribution in [0.15, 0.2) is 0 Å². The zero-order valence-electron chi connectivity index (χ0n) is 30.5. The van der Waals surface area contributed by atoms with Crippen LogP contribution >= 0.6 is 7.82 Å². The Morgan fingerprint density at radius 2 is 0.936 bits per heavy atom. The summed E-state index contributed by atoms with van der Waals surface area (Å²) >= 11 is 0. The molecule has 47 heavy (non-hydrogen) atoms. The Morgan fingerprint density at radius 3 is 1.34 bits per heavy atom. The van der Waals surface area contributed by atoms with E-state index in [9.17, 15) is 19.0 Å². The molecule has 0 spiro atoms. The molecule has 0 fully saturated rings. The summed E-state index contributed by atoms with van der Waals surface area (Å²) in [7, 11) is -4.60. The molecule has 0 amide bonds. The van der Waals surface area contributed by atoms with E-state index in [-0.39, 0.29) is 38.6 Å². The van der Waals surface area contributed by atoms with Gasteiger partial charge in [-0.25, -0.2) is 0 Å². The van der Waals surface area contributed by atoms with Crippen LogP contribution in [0.4, 0.5) is 0 Å². The van der Waals surface area contributed by atoms with Crippen LogP contribution < -0.4 is 10.6 Å². The molecule has 2 atom stereocenters. The van der Waals surface area contributed by atoms with Crippen molar-refractivity contribution in [3.63, 3.8) is 0 Å². The average Bonchev–Trinajstić information content (AvgIpc) is 3.05. The zero-order chi connectivity index (χ0) is 34.7. The lowest BCUT2D eigenvalue weighted by Gasteiger charge is -2.25. The fourth-order valence-corrected chi connectivity index (χ4v) is 6.26. The highest BCUT2D eigenvalue weighted by Gasteiger charge is 2.21. The highest BCUT2D eigenvalue weighted by molar-refractivity contribution is 7.45. The topological polar surface area (TPSA) is 137 Å². The van der Waals surface area contributed by atoms with E-state index in [1.54, 1.807) is 0 Å². The van der Waals surface area contributed by atoms with Crippen molar-refractivity contribution in [1.29, 1.82) is 0 Å². The molecule has 0 aromatic rings. The largest absolute Gasteiger partial charge is 0.756 e. The maximum Gasteiger partial charge on any atom is 0.306 e. The number of hydrogen-bond acceptors (Lipinski definition) is 9. The Morgan fingerprint density at radius 1 is 0.553 bits per heavy atom. The summed E-state index contributed by atoms with van der Waals surface area (Å²) in [5.41, 5.74) is 5.39. The van der Waals surface area contributed by atoms with Gasteiger partial charge in [-0.15, -0.1) is 0 Å². The Hall–Kier alpha value is -0.990. The first-order chi connectivity index (χ1) is 22.8. The zero-order valence-corrected chi connectivity index (χ0v) is 31.4. The fourth-order valence-electron chi connectivity index (χ4n) is 5.49. The number of hydrogen-bond donors (Lipinski definition) is 1. The Balaban J connectivity index is 4.25. The van der Waals surface area contributed by atoms with E-state index in [1.807, 2.05) is 0 Å². The van der Waals surface area contributed by atoms with Gasteiger partial charge in [-0.2, -0.15) is 0 Å². The molecule has 0 aliphatic heterocycles. The molecular weight excluding hydrogens is 617 g/mol. The molecule has 0 aromatic heterocycles. The molecule has 10 heteroatoms. The van der Waals surface area contributed by atoms with Crippen molar-refractivity contribution in [3.05, 3.63) is 0 Å². The second-order valence-electron chi connectivity index (χ2n) is 13.1. The van der Waals surface area contributed by atoms with Crippen LogP contribution in [-0.4, -0.2) is 44.4 Å². The van der Waals surface area contributed by atoms with Gasteiger partial charge in [-0.05, 0) is 25.8 Å². The standard InChI is InChI=1S/C37H74NO8P/c1-3-5-7-9-11-13-15-17-19-20-22-24-26-29-36(39)43-33-35(34-45-47(41,42)44-32-28-31-38)46-37(40)30-27-25-23-21-18-16-14-12-10-8-6-4-2/h35H,3-34,38H2,1-2H3,(H,41,42)/p-1/t35-/m0/s1. The number of esters is 2. The van der Waals surface area contributed by atoms with Crippen molar-refractivity contribution in [2.45, 2.75) is 200 Å². The van der Waals surface area contributed by atoms with E-state index in [4.69, 9.17) is 24.3 Å². The molecule has 0 radical (unpaired) electrons. The molecular formula is C37H73NO8P-. The minimum Gasteiger partial charge on any atom is -0.756 e. The monoisotopic (exact) mass is 691 g/mol. The maximum absolute atomic E-state index is 12.5. The quantitative estimate of drug-likeness (QED) is 0.0383. The molecule has 0 bridgehead atoms. The lowest BCUT2D eigenvalue weighted by molar-refractivity contribution is -0.228. The molecule has 1 unspecified atom stereocenters. The number of nitrogens with two attached hydrogens (primary N) is 1. The van der Waals surface area contributed by atoms with E-state index in [0.717, 1.165) is 32.1 Å². The van der Waals surface area contributed by atoms with Gasteiger partial charge in [0, 0.05) is 12.8 Å². The van der Waals surface area contributed by atoms with Gasteiger partial charge in [0.15, 0.2) is 6.10 Å². The number of carbonyl (C=O) groups excluding carboxylic acids is 2. The van der Waals surface area contributed by atoms with Gasteiger partial charge in [0.1, 0.15) is 6.61 Å². The van der Waals surface area contributed by atoms with Crippen molar-refractivity contribution >= 4 is 19.8 Å². The first-order valence-electron chi connectivity index (χ1n) is 19.5. The van der Waals surface area contributed by atoms with Gasteiger partial charge in [0.25, 0.3) is 7.82 Å². The van der Waals surface area contributed by atoms with Crippen molar-refractivity contribution in [3.8, 4) is 0 Å². The number of rotatable bonds is 37. The van der Waals surface area contributed by atoms with Crippen LogP contribution in [0.2, 0.25) is 0 Å². The summed E-state index contributed by atoms with van der Waals surface area (Å²) in [6.07, 6.45) is 30.0. The molecule has 0 rings (SSSR count). The van der Waals surface area contributed by atoms with E-state index in [0.29, 0.717) is 12.8 Å². The van der Waals surface area contributed by atoms with Gasteiger partial charge >= 0.3 is 11.9 Å². The van der Waals surface area contributed by atoms with Crippen LogP contribution in [0.1, 0.15) is 194 Å². The van der Waals surface area contributed by atoms with Gasteiger partial charge in [-0.3, -0.25) is 14.2 Å². The first-order valence-corrected chi connectivity index (χ1v) is 21.0. The number of carbonyl (C=O) groups is 2. The number of phosphoric ester groups is 1. The fraction of sp³-hybridized carbons (Fsp3) is 0.946. The van der Waals surface area contributed by atoms with Crippen LogP contribution in [0.25, 0.3) is 0 Å². The lowest BCUT2D eigenvalue weighted by Crippen LogP contribution is -2.30. The van der Waals surface area contributed by atoms with Gasteiger partial charge in [-0.1, -0.05) is 162 Å². The average molecular weight is 691 g/mol. The van der Waals surface area contributed by atoms with Crippen molar-refractivity contribution in [2.24, 2.45) is 5.73 Å². The van der Waals surface area contributed by atoms with Gasteiger partial charge in [0.2, 0.25) is 0 Å². The normalized spacial score (nSPS) is 13.4. The summed E-state index contributed by atoms with van der Waals surface area (Å²) in [6.45, 7) is 3.95. The Kier molecular flexibility index (Phi) is 34.1. The molecule has 2 N–H and O–H groups in total. The summed E-state index contributed by atoms with van der Waals surface area (Å²) in [5, 5.41) is 0. The molecule has 9 nitrogen and oxygen atoms in total. The van der Waals surface area contributed by atoms with E-state index >= 15 is 0 Å². The summed E-state index contributed by atoms with van der Waals surface area (Å²) in [4.78, 5) is 36.9. The predicted octanol–water partition coefficient (Wildman–Crippen LogP) is 9.86. The Labute approximate surface area is 288 Å². The van der Waals surface area contributed by atoms with Crippen molar-refractivity contribution in [2.75, 3.05) is 26.4 Å². The van der Waals surface area contributed by atoms with Crippen molar-refractivity contribution < 1.29 is 37.6 Å². The number of phosphoric acid groups is 1. The third kappa shape index (κ3) is 34.7. The van der Waals surface area contributed by atoms with E-state index in [1.165, 1.54) is 122 Å². The second-order valence-corrected chi connectivity index (χ2v) is 14.6. The molecule has 0 aromatic carbocycles. The predicted molar refractivity (Wildman–Crippen MR) is 190 cm³/mol.